The van der Waals surface area contributed by atoms with Crippen LogP contribution in [0.25, 0.3) is 11.1 Å². The van der Waals surface area contributed by atoms with Crippen LogP contribution >= 0.6 is 0 Å². The van der Waals surface area contributed by atoms with Gasteiger partial charge in [0.25, 0.3) is 0 Å². The highest BCUT2D eigenvalue weighted by molar-refractivity contribution is 5.64. The quantitative estimate of drug-likeness (QED) is 0.509. The van der Waals surface area contributed by atoms with E-state index in [1.807, 2.05) is 31.2 Å². The van der Waals surface area contributed by atoms with Gasteiger partial charge in [0.05, 0.1) is 5.56 Å². The van der Waals surface area contributed by atoms with Crippen molar-refractivity contribution in [2.24, 2.45) is 0 Å². The van der Waals surface area contributed by atoms with Crippen LogP contribution in [0.1, 0.15) is 22.3 Å². The molecule has 0 aliphatic carbocycles. The Hall–Kier alpha value is -2.92. The fourth-order valence-electron chi connectivity index (χ4n) is 2.45. The van der Waals surface area contributed by atoms with Gasteiger partial charge in [-0.05, 0) is 54.8 Å². The summed E-state index contributed by atoms with van der Waals surface area (Å²) < 4.78 is 27.6. The number of aryl methyl sites for hydroxylation is 2. The lowest BCUT2D eigenvalue weighted by Gasteiger charge is -2.02. The van der Waals surface area contributed by atoms with Crippen molar-refractivity contribution < 1.29 is 8.78 Å². The maximum Gasteiger partial charge on any atom is 0.142 e. The van der Waals surface area contributed by atoms with Gasteiger partial charge in [0.1, 0.15) is 11.6 Å². The van der Waals surface area contributed by atoms with E-state index in [1.54, 1.807) is 6.92 Å². The Morgan fingerprint density at radius 1 is 0.625 bits per heavy atom. The van der Waals surface area contributed by atoms with Crippen LogP contribution in [0.5, 0.6) is 0 Å². The van der Waals surface area contributed by atoms with Crippen LogP contribution in [-0.2, 0) is 0 Å². The standard InChI is InChI=1S/C22H16F2/c1-15-3-8-18(9-4-15)19-10-5-17(6-11-19)7-12-20-21(23)13-16(2)14-22(20)24/h3-6,8-11,13-14H,1-2H3. The van der Waals surface area contributed by atoms with Gasteiger partial charge in [-0.3, -0.25) is 0 Å². The van der Waals surface area contributed by atoms with Crippen molar-refractivity contribution in [2.45, 2.75) is 13.8 Å². The third kappa shape index (κ3) is 3.52. The summed E-state index contributed by atoms with van der Waals surface area (Å²) >= 11 is 0. The number of hydrogen-bond donors (Lipinski definition) is 0. The molecule has 0 atom stereocenters. The van der Waals surface area contributed by atoms with Crippen LogP contribution in [0.4, 0.5) is 8.78 Å². The van der Waals surface area contributed by atoms with Gasteiger partial charge >= 0.3 is 0 Å². The number of rotatable bonds is 1. The van der Waals surface area contributed by atoms with Crippen LogP contribution in [0.2, 0.25) is 0 Å². The molecule has 0 spiro atoms. The zero-order valence-corrected chi connectivity index (χ0v) is 13.5. The second-order valence-corrected chi connectivity index (χ2v) is 5.80. The lowest BCUT2D eigenvalue weighted by atomic mass is 10.0. The van der Waals surface area contributed by atoms with Gasteiger partial charge in [0.2, 0.25) is 0 Å². The first kappa shape index (κ1) is 16.0. The number of hydrogen-bond acceptors (Lipinski definition) is 0. The molecule has 0 saturated heterocycles. The van der Waals surface area contributed by atoms with E-state index in [0.29, 0.717) is 11.1 Å². The van der Waals surface area contributed by atoms with E-state index < -0.39 is 11.6 Å². The summed E-state index contributed by atoms with van der Waals surface area (Å²) in [5, 5.41) is 0. The number of benzene rings is 3. The molecular weight excluding hydrogens is 302 g/mol. The van der Waals surface area contributed by atoms with Gasteiger partial charge in [-0.2, -0.15) is 0 Å². The molecule has 0 heterocycles. The highest BCUT2D eigenvalue weighted by atomic mass is 19.1. The predicted octanol–water partition coefficient (Wildman–Crippen LogP) is 5.65. The minimum Gasteiger partial charge on any atom is -0.206 e. The maximum absolute atomic E-state index is 13.8. The summed E-state index contributed by atoms with van der Waals surface area (Å²) in [6, 6.07) is 18.4. The summed E-state index contributed by atoms with van der Waals surface area (Å²) in [5.41, 5.74) is 4.47. The van der Waals surface area contributed by atoms with Crippen LogP contribution in [0.15, 0.2) is 60.7 Å². The van der Waals surface area contributed by atoms with Crippen LogP contribution in [-0.4, -0.2) is 0 Å². The average molecular weight is 318 g/mol. The molecule has 0 radical (unpaired) electrons. The third-order valence-corrected chi connectivity index (χ3v) is 3.79. The topological polar surface area (TPSA) is 0 Å². The lowest BCUT2D eigenvalue weighted by Crippen LogP contribution is -1.91. The fraction of sp³-hybridized carbons (Fsp3) is 0.0909. The van der Waals surface area contributed by atoms with Crippen molar-refractivity contribution in [1.82, 2.24) is 0 Å². The summed E-state index contributed by atoms with van der Waals surface area (Å²) in [4.78, 5) is 0. The molecule has 0 nitrogen and oxygen atoms in total. The highest BCUT2D eigenvalue weighted by Gasteiger charge is 2.07. The number of halogens is 2. The molecule has 0 aliphatic heterocycles. The Balaban J connectivity index is 1.87. The second-order valence-electron chi connectivity index (χ2n) is 5.80. The molecule has 0 fully saturated rings. The Labute approximate surface area is 140 Å². The first-order valence-corrected chi connectivity index (χ1v) is 7.68. The maximum atomic E-state index is 13.8. The zero-order valence-electron chi connectivity index (χ0n) is 13.5. The second kappa shape index (κ2) is 6.68. The van der Waals surface area contributed by atoms with E-state index in [4.69, 9.17) is 0 Å². The van der Waals surface area contributed by atoms with Gasteiger partial charge < -0.3 is 0 Å². The summed E-state index contributed by atoms with van der Waals surface area (Å²) in [5.74, 6) is 4.15. The predicted molar refractivity (Wildman–Crippen MR) is 93.7 cm³/mol. The molecule has 0 bridgehead atoms. The molecule has 0 saturated carbocycles. The first-order valence-electron chi connectivity index (χ1n) is 7.68. The van der Waals surface area contributed by atoms with Crippen molar-refractivity contribution >= 4 is 0 Å². The van der Waals surface area contributed by atoms with E-state index in [2.05, 4.69) is 36.1 Å². The van der Waals surface area contributed by atoms with Crippen LogP contribution in [0, 0.1) is 37.3 Å². The molecule has 3 rings (SSSR count). The average Bonchev–Trinajstić information content (AvgIpc) is 2.55. The van der Waals surface area contributed by atoms with Crippen molar-refractivity contribution in [3.05, 3.63) is 94.6 Å². The minimum absolute atomic E-state index is 0.191. The fourth-order valence-corrected chi connectivity index (χ4v) is 2.45. The molecule has 0 amide bonds. The van der Waals surface area contributed by atoms with Crippen LogP contribution < -0.4 is 0 Å². The van der Waals surface area contributed by atoms with Gasteiger partial charge in [-0.15, -0.1) is 0 Å². The molecule has 3 aromatic carbocycles. The smallest absolute Gasteiger partial charge is 0.142 e. The molecule has 2 heteroatoms. The van der Waals surface area contributed by atoms with E-state index >= 15 is 0 Å². The zero-order chi connectivity index (χ0) is 17.1. The van der Waals surface area contributed by atoms with Gasteiger partial charge in [0, 0.05) is 5.56 Å². The highest BCUT2D eigenvalue weighted by Crippen LogP contribution is 2.20. The minimum atomic E-state index is -0.628. The van der Waals surface area contributed by atoms with E-state index in [1.165, 1.54) is 17.7 Å². The lowest BCUT2D eigenvalue weighted by molar-refractivity contribution is 0.575. The molecule has 0 N–H and O–H groups in total. The van der Waals surface area contributed by atoms with E-state index in [9.17, 15) is 8.78 Å². The van der Waals surface area contributed by atoms with Crippen molar-refractivity contribution in [3.8, 4) is 23.0 Å². The van der Waals surface area contributed by atoms with Gasteiger partial charge in [-0.1, -0.05) is 53.8 Å². The molecule has 24 heavy (non-hydrogen) atoms. The van der Waals surface area contributed by atoms with Gasteiger partial charge in [-0.25, -0.2) is 8.78 Å². The largest absolute Gasteiger partial charge is 0.206 e. The van der Waals surface area contributed by atoms with Crippen molar-refractivity contribution in [1.29, 1.82) is 0 Å². The Morgan fingerprint density at radius 3 is 1.67 bits per heavy atom. The normalized spacial score (nSPS) is 10.2. The Kier molecular flexibility index (Phi) is 4.44. The summed E-state index contributed by atoms with van der Waals surface area (Å²) in [6.07, 6.45) is 0. The van der Waals surface area contributed by atoms with Crippen molar-refractivity contribution in [3.63, 3.8) is 0 Å². The SMILES string of the molecule is Cc1ccc(-c2ccc(C#Cc3c(F)cc(C)cc3F)cc2)cc1. The molecule has 0 aliphatic rings. The van der Waals surface area contributed by atoms with Gasteiger partial charge in [0.15, 0.2) is 0 Å². The Morgan fingerprint density at radius 2 is 1.12 bits per heavy atom. The molecule has 0 unspecified atom stereocenters. The molecule has 3 aromatic rings. The third-order valence-electron chi connectivity index (χ3n) is 3.79. The van der Waals surface area contributed by atoms with E-state index in [0.717, 1.165) is 11.1 Å². The summed E-state index contributed by atoms with van der Waals surface area (Å²) in [6.45, 7) is 3.69. The van der Waals surface area contributed by atoms with Crippen molar-refractivity contribution in [2.75, 3.05) is 0 Å². The monoisotopic (exact) mass is 318 g/mol. The first-order chi connectivity index (χ1) is 11.5. The molecule has 118 valence electrons. The van der Waals surface area contributed by atoms with Crippen LogP contribution in [0.3, 0.4) is 0 Å². The van der Waals surface area contributed by atoms with E-state index in [-0.39, 0.29) is 5.56 Å². The molecule has 0 aromatic heterocycles. The molecular formula is C22H16F2. The Bertz CT molecular complexity index is 901. The summed E-state index contributed by atoms with van der Waals surface area (Å²) in [7, 11) is 0.